The maximum Gasteiger partial charge on any atom is 0.140 e. The van der Waals surface area contributed by atoms with Crippen molar-refractivity contribution in [3.05, 3.63) is 42.7 Å². The van der Waals surface area contributed by atoms with Crippen LogP contribution in [0.1, 0.15) is 20.3 Å². The fourth-order valence-electron chi connectivity index (χ4n) is 3.31. The molecule has 1 fully saturated rings. The van der Waals surface area contributed by atoms with Crippen molar-refractivity contribution in [1.29, 1.82) is 0 Å². The van der Waals surface area contributed by atoms with Crippen molar-refractivity contribution < 1.29 is 9.13 Å². The van der Waals surface area contributed by atoms with Gasteiger partial charge in [-0.05, 0) is 45.0 Å². The number of piperidine rings is 1. The van der Waals surface area contributed by atoms with E-state index in [9.17, 15) is 4.39 Å². The van der Waals surface area contributed by atoms with Crippen LogP contribution in [0.3, 0.4) is 0 Å². The molecule has 4 heterocycles. The van der Waals surface area contributed by atoms with Gasteiger partial charge >= 0.3 is 0 Å². The first-order chi connectivity index (χ1) is 13.1. The molecule has 2 atom stereocenters. The Morgan fingerprint density at radius 3 is 3.04 bits per heavy atom. The SMILES string of the molecule is CC(C)Oc1ccn2c(-c3cccc(NC4CNCCC4F)n3)cnc2c1. The third-order valence-electron chi connectivity index (χ3n) is 4.60. The number of hydrogen-bond donors (Lipinski definition) is 2. The lowest BCUT2D eigenvalue weighted by Gasteiger charge is -2.28. The van der Waals surface area contributed by atoms with E-state index in [4.69, 9.17) is 4.74 Å². The molecule has 27 heavy (non-hydrogen) atoms. The second-order valence-corrected chi connectivity index (χ2v) is 7.07. The van der Waals surface area contributed by atoms with E-state index >= 15 is 0 Å². The summed E-state index contributed by atoms with van der Waals surface area (Å²) in [6, 6.07) is 9.28. The number of rotatable bonds is 5. The molecule has 3 aromatic heterocycles. The van der Waals surface area contributed by atoms with Gasteiger partial charge in [-0.2, -0.15) is 0 Å². The van der Waals surface area contributed by atoms with E-state index in [1.165, 1.54) is 0 Å². The number of anilines is 1. The molecule has 142 valence electrons. The molecule has 3 aromatic rings. The molecule has 1 aliphatic heterocycles. The highest BCUT2D eigenvalue weighted by Gasteiger charge is 2.24. The Morgan fingerprint density at radius 2 is 2.22 bits per heavy atom. The van der Waals surface area contributed by atoms with E-state index < -0.39 is 6.17 Å². The average Bonchev–Trinajstić information content (AvgIpc) is 3.07. The molecule has 6 nitrogen and oxygen atoms in total. The lowest BCUT2D eigenvalue weighted by Crippen LogP contribution is -2.46. The van der Waals surface area contributed by atoms with Gasteiger partial charge in [0.1, 0.15) is 23.4 Å². The summed E-state index contributed by atoms with van der Waals surface area (Å²) >= 11 is 0. The van der Waals surface area contributed by atoms with Crippen LogP contribution in [0.4, 0.5) is 10.2 Å². The number of nitrogens with one attached hydrogen (secondary N) is 2. The summed E-state index contributed by atoms with van der Waals surface area (Å²) in [7, 11) is 0. The molecule has 4 rings (SSSR count). The maximum absolute atomic E-state index is 14.1. The minimum absolute atomic E-state index is 0.111. The molecule has 0 amide bonds. The molecule has 1 saturated heterocycles. The molecule has 0 saturated carbocycles. The third kappa shape index (κ3) is 3.88. The molecule has 0 bridgehead atoms. The zero-order valence-electron chi connectivity index (χ0n) is 15.5. The van der Waals surface area contributed by atoms with Crippen molar-refractivity contribution in [2.75, 3.05) is 18.4 Å². The number of ether oxygens (including phenoxy) is 1. The van der Waals surface area contributed by atoms with Gasteiger partial charge in [-0.3, -0.25) is 4.40 Å². The van der Waals surface area contributed by atoms with Gasteiger partial charge in [0.15, 0.2) is 0 Å². The minimum atomic E-state index is -0.869. The second kappa shape index (κ2) is 7.52. The molecular formula is C20H24FN5O. The van der Waals surface area contributed by atoms with Crippen molar-refractivity contribution in [2.24, 2.45) is 0 Å². The number of nitrogens with zero attached hydrogens (tertiary/aromatic N) is 3. The van der Waals surface area contributed by atoms with Crippen molar-refractivity contribution in [3.63, 3.8) is 0 Å². The van der Waals surface area contributed by atoms with Crippen molar-refractivity contribution in [1.82, 2.24) is 19.7 Å². The number of hydrogen-bond acceptors (Lipinski definition) is 5. The quantitative estimate of drug-likeness (QED) is 0.723. The second-order valence-electron chi connectivity index (χ2n) is 7.07. The number of imidazole rings is 1. The summed E-state index contributed by atoms with van der Waals surface area (Å²) in [5.41, 5.74) is 2.45. The Balaban J connectivity index is 1.60. The number of fused-ring (bicyclic) bond motifs is 1. The summed E-state index contributed by atoms with van der Waals surface area (Å²) in [6.07, 6.45) is 3.48. The van der Waals surface area contributed by atoms with Gasteiger partial charge in [-0.1, -0.05) is 6.07 Å². The zero-order valence-corrected chi connectivity index (χ0v) is 15.5. The van der Waals surface area contributed by atoms with Gasteiger partial charge in [0.2, 0.25) is 0 Å². The monoisotopic (exact) mass is 369 g/mol. The highest BCUT2D eigenvalue weighted by molar-refractivity contribution is 5.62. The minimum Gasteiger partial charge on any atom is -0.491 e. The van der Waals surface area contributed by atoms with Gasteiger partial charge < -0.3 is 15.4 Å². The lowest BCUT2D eigenvalue weighted by atomic mass is 10.1. The predicted octanol–water partition coefficient (Wildman–Crippen LogP) is 3.30. The Bertz CT molecular complexity index is 926. The number of alkyl halides is 1. The van der Waals surface area contributed by atoms with Crippen LogP contribution in [0.15, 0.2) is 42.7 Å². The van der Waals surface area contributed by atoms with Gasteiger partial charge in [0, 0.05) is 18.8 Å². The van der Waals surface area contributed by atoms with Crippen LogP contribution in [0.5, 0.6) is 5.75 Å². The molecular weight excluding hydrogens is 345 g/mol. The summed E-state index contributed by atoms with van der Waals surface area (Å²) in [4.78, 5) is 9.14. The molecule has 7 heteroatoms. The lowest BCUT2D eigenvalue weighted by molar-refractivity contribution is 0.241. The fourth-order valence-corrected chi connectivity index (χ4v) is 3.31. The molecule has 0 spiro atoms. The van der Waals surface area contributed by atoms with Crippen LogP contribution in [-0.2, 0) is 0 Å². The normalized spacial score (nSPS) is 20.1. The molecule has 0 radical (unpaired) electrons. The van der Waals surface area contributed by atoms with Crippen LogP contribution in [0.2, 0.25) is 0 Å². The van der Waals surface area contributed by atoms with Crippen LogP contribution in [-0.4, -0.2) is 45.8 Å². The largest absolute Gasteiger partial charge is 0.491 e. The number of halogens is 1. The van der Waals surface area contributed by atoms with Gasteiger partial charge in [0.25, 0.3) is 0 Å². The van der Waals surface area contributed by atoms with Gasteiger partial charge in [-0.15, -0.1) is 0 Å². The number of pyridine rings is 2. The molecule has 2 unspecified atom stereocenters. The van der Waals surface area contributed by atoms with E-state index in [2.05, 4.69) is 20.6 Å². The topological polar surface area (TPSA) is 63.5 Å². The van der Waals surface area contributed by atoms with E-state index in [1.807, 2.05) is 54.8 Å². The summed E-state index contributed by atoms with van der Waals surface area (Å²) < 4.78 is 21.8. The van der Waals surface area contributed by atoms with E-state index in [0.717, 1.165) is 29.3 Å². The Hall–Kier alpha value is -2.67. The van der Waals surface area contributed by atoms with Crippen LogP contribution < -0.4 is 15.4 Å². The van der Waals surface area contributed by atoms with Crippen molar-refractivity contribution in [2.45, 2.75) is 38.6 Å². The van der Waals surface area contributed by atoms with Gasteiger partial charge in [0.05, 0.1) is 29.7 Å². The molecule has 2 N–H and O–H groups in total. The Labute approximate surface area is 157 Å². The van der Waals surface area contributed by atoms with Crippen LogP contribution in [0.25, 0.3) is 17.0 Å². The molecule has 1 aliphatic rings. The van der Waals surface area contributed by atoms with Crippen molar-refractivity contribution in [3.8, 4) is 17.1 Å². The van der Waals surface area contributed by atoms with Crippen LogP contribution in [0, 0.1) is 0 Å². The standard InChI is InChI=1S/C20H24FN5O/c1-13(2)27-14-7-9-26-18(12-23-20(26)10-14)16-4-3-5-19(24-16)25-17-11-22-8-6-15(17)21/h3-5,7,9-10,12-13,15,17,22H,6,8,11H2,1-2H3,(H,24,25). The summed E-state index contributed by atoms with van der Waals surface area (Å²) in [5, 5.41) is 6.43. The summed E-state index contributed by atoms with van der Waals surface area (Å²) in [6.45, 7) is 5.30. The van der Waals surface area contributed by atoms with E-state index in [1.54, 1.807) is 6.20 Å². The number of aromatic nitrogens is 3. The predicted molar refractivity (Wildman–Crippen MR) is 104 cm³/mol. The smallest absolute Gasteiger partial charge is 0.140 e. The third-order valence-corrected chi connectivity index (χ3v) is 4.60. The highest BCUT2D eigenvalue weighted by Crippen LogP contribution is 2.24. The first kappa shape index (κ1) is 17.7. The average molecular weight is 369 g/mol. The van der Waals surface area contributed by atoms with Gasteiger partial charge in [-0.25, -0.2) is 14.4 Å². The zero-order chi connectivity index (χ0) is 18.8. The highest BCUT2D eigenvalue weighted by atomic mass is 19.1. The molecule has 0 aliphatic carbocycles. The first-order valence-electron chi connectivity index (χ1n) is 9.32. The van der Waals surface area contributed by atoms with E-state index in [0.29, 0.717) is 18.8 Å². The Kier molecular flexibility index (Phi) is 4.94. The van der Waals surface area contributed by atoms with Crippen LogP contribution >= 0.6 is 0 Å². The first-order valence-corrected chi connectivity index (χ1v) is 9.32. The molecule has 0 aromatic carbocycles. The maximum atomic E-state index is 14.1. The summed E-state index contributed by atoms with van der Waals surface area (Å²) in [5.74, 6) is 1.45. The fraction of sp³-hybridized carbons (Fsp3) is 0.400. The Morgan fingerprint density at radius 1 is 1.33 bits per heavy atom. The van der Waals surface area contributed by atoms with E-state index in [-0.39, 0.29) is 12.1 Å². The van der Waals surface area contributed by atoms with Crippen molar-refractivity contribution >= 4 is 11.5 Å².